The van der Waals surface area contributed by atoms with Crippen molar-refractivity contribution < 1.29 is 68.9 Å². The van der Waals surface area contributed by atoms with Gasteiger partial charge in [-0.05, 0) is 202 Å². The van der Waals surface area contributed by atoms with Gasteiger partial charge in [-0.15, -0.1) is 0 Å². The van der Waals surface area contributed by atoms with Gasteiger partial charge in [0, 0.05) is 95.1 Å². The number of amides is 3. The van der Waals surface area contributed by atoms with Crippen LogP contribution in [0.2, 0.25) is 0 Å². The molecule has 616 valence electrons. The molecule has 18 rings (SSSR count). The summed E-state index contributed by atoms with van der Waals surface area (Å²) < 4.78 is 5.33. The van der Waals surface area contributed by atoms with Gasteiger partial charge in [-0.1, -0.05) is 109 Å². The van der Waals surface area contributed by atoms with Gasteiger partial charge in [0.05, 0.1) is 101 Å². The Labute approximate surface area is 697 Å². The first-order chi connectivity index (χ1) is 58.6. The number of fused-ring (bicyclic) bond motifs is 6. The lowest BCUT2D eigenvalue weighted by Gasteiger charge is -2.27. The van der Waals surface area contributed by atoms with Crippen molar-refractivity contribution in [3.63, 3.8) is 0 Å². The summed E-state index contributed by atoms with van der Waals surface area (Å²) >= 11 is 0. The van der Waals surface area contributed by atoms with E-state index in [1.165, 1.54) is 49.2 Å². The molecule has 9 heterocycles. The van der Waals surface area contributed by atoms with E-state index in [0.29, 0.717) is 149 Å². The summed E-state index contributed by atoms with van der Waals surface area (Å²) in [6.45, 7) is 11.5. The van der Waals surface area contributed by atoms with Crippen molar-refractivity contribution in [2.75, 3.05) is 66.0 Å². The number of ether oxygens (including phenoxy) is 1. The molecule has 0 saturated carbocycles. The number of nitrogens with one attached hydrogen (secondary N) is 3. The maximum absolute atomic E-state index is 13.0. The number of carboxylic acids is 3. The topological polar surface area (TPSA) is 354 Å². The van der Waals surface area contributed by atoms with E-state index in [1.807, 2.05) is 155 Å². The number of nitrogens with zero attached hydrogens (tertiary/aromatic N) is 9. The van der Waals surface area contributed by atoms with Gasteiger partial charge in [0.25, 0.3) is 0 Å². The molecule has 0 aliphatic carbocycles. The van der Waals surface area contributed by atoms with Crippen LogP contribution in [-0.4, -0.2) is 200 Å². The number of aromatic hydroxyl groups is 3. The van der Waals surface area contributed by atoms with Gasteiger partial charge in [0.2, 0.25) is 17.7 Å². The maximum atomic E-state index is 13.0. The fourth-order valence-electron chi connectivity index (χ4n) is 16.9. The molecule has 0 atom stereocenters. The third-order valence-electron chi connectivity index (χ3n) is 23.3. The van der Waals surface area contributed by atoms with Crippen LogP contribution in [0.3, 0.4) is 0 Å². The van der Waals surface area contributed by atoms with E-state index < -0.39 is 17.9 Å². The molecule has 3 aromatic heterocycles. The van der Waals surface area contributed by atoms with Crippen LogP contribution in [0, 0.1) is 6.92 Å². The lowest BCUT2D eigenvalue weighted by Crippen LogP contribution is -2.43. The third-order valence-corrected chi connectivity index (χ3v) is 23.3. The van der Waals surface area contributed by atoms with Crippen molar-refractivity contribution in [2.45, 2.75) is 97.6 Å². The predicted molar refractivity (Wildman–Crippen MR) is 461 cm³/mol. The van der Waals surface area contributed by atoms with Crippen LogP contribution < -0.4 is 4.74 Å². The van der Waals surface area contributed by atoms with Gasteiger partial charge in [0.15, 0.2) is 17.6 Å². The van der Waals surface area contributed by atoms with Crippen LogP contribution in [-0.2, 0) is 58.4 Å². The molecule has 6 aliphatic heterocycles. The van der Waals surface area contributed by atoms with E-state index in [4.69, 9.17) is 19.7 Å². The predicted octanol–water partition coefficient (Wildman–Crippen LogP) is 14.7. The highest BCUT2D eigenvalue weighted by atomic mass is 16.5. The summed E-state index contributed by atoms with van der Waals surface area (Å²) in [7, 11) is 1.60. The maximum Gasteiger partial charge on any atom is 0.335 e. The summed E-state index contributed by atoms with van der Waals surface area (Å²) in [5.41, 5.74) is 16.9. The number of Topliss-reactive ketones (excluding diaryl/α,β-unsaturated/α-hetero) is 1. The second-order valence-corrected chi connectivity index (χ2v) is 31.7. The monoisotopic (exact) mass is 1620 g/mol. The van der Waals surface area contributed by atoms with E-state index in [9.17, 15) is 64.2 Å². The number of aliphatic imine (C=N–C) groups is 3. The Hall–Kier alpha value is -13.8. The second-order valence-electron chi connectivity index (χ2n) is 31.7. The Balaban J connectivity index is 0.000000135. The first kappa shape index (κ1) is 80.9. The summed E-state index contributed by atoms with van der Waals surface area (Å²) in [6, 6.07) is 56.7. The first-order valence-electron chi connectivity index (χ1n) is 40.8. The number of aromatic amines is 3. The number of carboxylic acid groups (broad SMARTS) is 3. The molecule has 9 aromatic carbocycles. The Morgan fingerprint density at radius 2 is 0.694 bits per heavy atom. The number of H-pyrrole nitrogens is 3. The summed E-state index contributed by atoms with van der Waals surface area (Å²) in [6.07, 6.45) is 8.48. The number of ketones is 1. The molecule has 12 aromatic rings. The zero-order chi connectivity index (χ0) is 84.1. The number of carbonyl (C=O) groups excluding carboxylic acids is 4. The van der Waals surface area contributed by atoms with E-state index in [2.05, 4.69) is 24.8 Å². The number of aromatic nitrogens is 3. The van der Waals surface area contributed by atoms with Crippen molar-refractivity contribution in [2.24, 2.45) is 15.0 Å². The van der Waals surface area contributed by atoms with Gasteiger partial charge in [-0.3, -0.25) is 33.9 Å². The molecule has 3 saturated heterocycles. The molecule has 26 heteroatoms. The van der Waals surface area contributed by atoms with E-state index in [0.717, 1.165) is 126 Å². The number of piperidine rings is 3. The minimum Gasteiger partial charge on any atom is -0.497 e. The molecule has 9 N–H and O–H groups in total. The summed E-state index contributed by atoms with van der Waals surface area (Å²) in [5, 5.41) is 63.1. The molecular formula is C95H92N12O14. The zero-order valence-electron chi connectivity index (χ0n) is 67.1. The van der Waals surface area contributed by atoms with E-state index in [1.54, 1.807) is 30.2 Å². The van der Waals surface area contributed by atoms with Crippen LogP contribution in [0.25, 0.3) is 32.7 Å². The number of carbonyl (C=O) groups is 7. The number of aryl methyl sites for hydroxylation is 1. The van der Waals surface area contributed by atoms with Gasteiger partial charge >= 0.3 is 17.9 Å². The Bertz CT molecular complexity index is 6130. The summed E-state index contributed by atoms with van der Waals surface area (Å²) in [5.74, 6) is -2.23. The average molecular weight is 1630 g/mol. The van der Waals surface area contributed by atoms with Crippen LogP contribution in [0.5, 0.6) is 23.4 Å². The molecular weight excluding hydrogens is 1530 g/mol. The molecule has 0 unspecified atom stereocenters. The van der Waals surface area contributed by atoms with Crippen LogP contribution in [0.15, 0.2) is 203 Å². The van der Waals surface area contributed by atoms with E-state index >= 15 is 0 Å². The van der Waals surface area contributed by atoms with Crippen molar-refractivity contribution >= 4 is 108 Å². The number of benzene rings is 9. The highest BCUT2D eigenvalue weighted by Crippen LogP contribution is 2.39. The van der Waals surface area contributed by atoms with E-state index in [-0.39, 0.29) is 64.4 Å². The standard InChI is InChI=1S/C32H32N4O5.C32H32N4O4.C31H28N4O5/c1-41-25-10-6-20(7-11-25)30(29-26-12-8-21(32(39)40)16-27(26)34-31(29)38)33-24-9-5-22-17-36(18-23(22)15-24)28(37)19-35-13-3-2-4-14-35;1-20-5-7-21(8-6-20)30(29-26-12-10-22(32(39)40)16-27(26)34-31(29)38)33-25-11-9-23-17-36(18-24(23)15-25)28(37)19-35-13-3-2-4-14-35;36-24-7-4-12-34(17-24)18-27(37)35-15-21-8-10-23(13-22(21)16-35)32-29(19-5-2-1-3-6-19)28-25-11-9-20(31(39)40)14-26(25)33-30(28)38/h5-12,15-16,34,38H,2-4,13-14,17-19H2,1H3,(H,39,40);5-12,15-16,34,38H,2-4,13-14,17-19H2,1H3,(H,39,40);1-3,5-6,8-11,13-14,33,38H,4,7,12,15-18H2,(H,39,40). The Kier molecular flexibility index (Phi) is 23.7. The smallest absolute Gasteiger partial charge is 0.335 e. The second kappa shape index (κ2) is 35.4. The molecule has 3 amide bonds. The van der Waals surface area contributed by atoms with Gasteiger partial charge in [-0.25, -0.2) is 29.4 Å². The minimum atomic E-state index is -1.05. The van der Waals surface area contributed by atoms with Crippen molar-refractivity contribution in [3.05, 3.63) is 277 Å². The molecule has 0 radical (unpaired) electrons. The SMILES string of the molecule is COc1ccc(C(=Nc2ccc3c(c2)CN(C(=O)CN2CCCCC2)C3)c2c(O)[nH]c3cc(C(=O)O)ccc23)cc1.Cc1ccc(C(=Nc2ccc3c(c2)CN(C(=O)CN2CCCCC2)C3)c2c(O)[nH]c3cc(C(=O)O)ccc23)cc1.O=C1CCCN(CC(=O)N2Cc3ccc(N=C(c4ccccc4)c4c(O)[nH]c5cc(C(=O)O)ccc45)cc3C2)C1. The van der Waals surface area contributed by atoms with Crippen molar-refractivity contribution in [3.8, 4) is 23.4 Å². The zero-order valence-corrected chi connectivity index (χ0v) is 67.1. The van der Waals surface area contributed by atoms with Crippen LogP contribution in [0.4, 0.5) is 17.1 Å². The minimum absolute atomic E-state index is 0.00497. The largest absolute Gasteiger partial charge is 0.497 e. The number of methoxy groups -OCH3 is 1. The highest BCUT2D eigenvalue weighted by Gasteiger charge is 2.32. The van der Waals surface area contributed by atoms with Crippen molar-refractivity contribution in [1.82, 2.24) is 44.4 Å². The van der Waals surface area contributed by atoms with Gasteiger partial charge < -0.3 is 65.0 Å². The Morgan fingerprint density at radius 3 is 1.05 bits per heavy atom. The number of rotatable bonds is 19. The number of hydrogen-bond donors (Lipinski definition) is 9. The fraction of sp³-hybridized carbons (Fsp3) is 0.263. The van der Waals surface area contributed by atoms with Gasteiger partial charge in [-0.2, -0.15) is 0 Å². The molecule has 0 bridgehead atoms. The lowest BCUT2D eigenvalue weighted by atomic mass is 9.99. The number of hydrogen-bond acceptors (Lipinski definition) is 17. The number of likely N-dealkylation sites (tertiary alicyclic amines) is 3. The fourth-order valence-corrected chi connectivity index (χ4v) is 16.9. The Morgan fingerprint density at radius 1 is 0.364 bits per heavy atom. The third kappa shape index (κ3) is 18.1. The average Bonchev–Trinajstić information content (AvgIpc) is 1.56. The normalized spacial score (nSPS) is 15.9. The van der Waals surface area contributed by atoms with Crippen LogP contribution in [0.1, 0.15) is 155 Å². The molecule has 3 fully saturated rings. The quantitative estimate of drug-likeness (QED) is 0.0340. The lowest BCUT2D eigenvalue weighted by molar-refractivity contribution is -0.135. The summed E-state index contributed by atoms with van der Waals surface area (Å²) in [4.78, 5) is 121. The molecule has 6 aliphatic rings. The molecule has 26 nitrogen and oxygen atoms in total. The van der Waals surface area contributed by atoms with Gasteiger partial charge in [0.1, 0.15) is 11.5 Å². The van der Waals surface area contributed by atoms with Crippen molar-refractivity contribution in [1.29, 1.82) is 0 Å². The van der Waals surface area contributed by atoms with Crippen LogP contribution >= 0.6 is 0 Å². The highest BCUT2D eigenvalue weighted by molar-refractivity contribution is 6.24. The number of aromatic carboxylic acids is 3. The molecule has 0 spiro atoms. The first-order valence-corrected chi connectivity index (χ1v) is 40.8. The molecule has 121 heavy (non-hydrogen) atoms.